The van der Waals surface area contributed by atoms with E-state index < -0.39 is 41.6 Å². The maximum absolute atomic E-state index is 14.7. The van der Waals surface area contributed by atoms with Crippen LogP contribution in [0.4, 0.5) is 4.79 Å². The van der Waals surface area contributed by atoms with Crippen molar-refractivity contribution >= 4 is 23.9 Å². The van der Waals surface area contributed by atoms with E-state index in [0.29, 0.717) is 17.5 Å². The molecule has 0 aliphatic heterocycles. The second-order valence-corrected chi connectivity index (χ2v) is 12.2. The molecule has 0 bridgehead atoms. The van der Waals surface area contributed by atoms with Crippen LogP contribution in [0.3, 0.4) is 0 Å². The van der Waals surface area contributed by atoms with Crippen molar-refractivity contribution in [2.24, 2.45) is 0 Å². The SMILES string of the molecule is C#Cc1ccccc1C(C(=O)NCCC(=O)OCC)N(CCCCCCCC)C(=O)C(Cc1ccccc1)NC(=O)OC(C)(C)C. The Bertz CT molecular complexity index is 1300. The number of hydrogen-bond acceptors (Lipinski definition) is 6. The summed E-state index contributed by atoms with van der Waals surface area (Å²) in [6, 6.07) is 14.2. The fourth-order valence-electron chi connectivity index (χ4n) is 5.06. The van der Waals surface area contributed by atoms with Gasteiger partial charge in [-0.2, -0.15) is 0 Å². The van der Waals surface area contributed by atoms with Gasteiger partial charge in [0.25, 0.3) is 0 Å². The van der Waals surface area contributed by atoms with Crippen molar-refractivity contribution in [1.29, 1.82) is 0 Å². The van der Waals surface area contributed by atoms with Crippen LogP contribution >= 0.6 is 0 Å². The molecule has 0 fully saturated rings. The summed E-state index contributed by atoms with van der Waals surface area (Å²) in [5.41, 5.74) is 0.994. The summed E-state index contributed by atoms with van der Waals surface area (Å²) >= 11 is 0. The molecule has 3 amide bonds. The third-order valence-electron chi connectivity index (χ3n) is 7.21. The minimum atomic E-state index is -1.11. The first-order valence-corrected chi connectivity index (χ1v) is 16.3. The van der Waals surface area contributed by atoms with Crippen LogP contribution in [0.2, 0.25) is 0 Å². The number of nitrogens with one attached hydrogen (secondary N) is 2. The van der Waals surface area contributed by atoms with Crippen molar-refractivity contribution in [2.45, 2.75) is 104 Å². The highest BCUT2D eigenvalue weighted by Gasteiger charge is 2.37. The van der Waals surface area contributed by atoms with E-state index in [1.807, 2.05) is 30.3 Å². The second-order valence-electron chi connectivity index (χ2n) is 12.2. The maximum Gasteiger partial charge on any atom is 0.408 e. The number of terminal acetylenes is 1. The van der Waals surface area contributed by atoms with Crippen LogP contribution in [-0.4, -0.2) is 60.1 Å². The third-order valence-corrected chi connectivity index (χ3v) is 7.21. The van der Waals surface area contributed by atoms with Gasteiger partial charge in [0, 0.05) is 25.1 Å². The molecular formula is C37H51N3O6. The number of hydrogen-bond donors (Lipinski definition) is 2. The number of alkyl carbamates (subject to hydrolysis) is 1. The fraction of sp³-hybridized carbons (Fsp3) is 0.514. The van der Waals surface area contributed by atoms with Gasteiger partial charge in [-0.3, -0.25) is 14.4 Å². The minimum absolute atomic E-state index is 0.0225. The predicted molar refractivity (Wildman–Crippen MR) is 180 cm³/mol. The van der Waals surface area contributed by atoms with Crippen LogP contribution in [0.15, 0.2) is 54.6 Å². The monoisotopic (exact) mass is 633 g/mol. The van der Waals surface area contributed by atoms with Crippen LogP contribution in [0.1, 0.15) is 102 Å². The number of rotatable bonds is 18. The first-order chi connectivity index (χ1) is 22.0. The molecule has 9 nitrogen and oxygen atoms in total. The highest BCUT2D eigenvalue weighted by Crippen LogP contribution is 2.27. The van der Waals surface area contributed by atoms with Gasteiger partial charge in [-0.15, -0.1) is 6.42 Å². The smallest absolute Gasteiger partial charge is 0.408 e. The summed E-state index contributed by atoms with van der Waals surface area (Å²) in [6.07, 6.45) is 11.1. The zero-order chi connectivity index (χ0) is 34.0. The van der Waals surface area contributed by atoms with Gasteiger partial charge in [0.05, 0.1) is 13.0 Å². The molecule has 0 heterocycles. The quantitative estimate of drug-likeness (QED) is 0.116. The number of nitrogens with zero attached hydrogens (tertiary/aromatic N) is 1. The van der Waals surface area contributed by atoms with E-state index in [-0.39, 0.29) is 32.5 Å². The van der Waals surface area contributed by atoms with Gasteiger partial charge < -0.3 is 25.0 Å². The summed E-state index contributed by atoms with van der Waals surface area (Å²) in [5.74, 6) is 1.29. The summed E-state index contributed by atoms with van der Waals surface area (Å²) < 4.78 is 10.5. The number of carbonyl (C=O) groups excluding carboxylic acids is 4. The summed E-state index contributed by atoms with van der Waals surface area (Å²) in [7, 11) is 0. The first-order valence-electron chi connectivity index (χ1n) is 16.3. The van der Waals surface area contributed by atoms with Gasteiger partial charge in [-0.25, -0.2) is 4.79 Å². The lowest BCUT2D eigenvalue weighted by Gasteiger charge is -2.35. The molecule has 0 saturated carbocycles. The van der Waals surface area contributed by atoms with E-state index in [9.17, 15) is 19.2 Å². The molecule has 0 radical (unpaired) electrons. The Labute approximate surface area is 274 Å². The molecule has 2 rings (SSSR count). The van der Waals surface area contributed by atoms with Gasteiger partial charge in [-0.1, -0.05) is 93.5 Å². The first kappa shape index (κ1) is 37.9. The number of benzene rings is 2. The van der Waals surface area contributed by atoms with Crippen LogP contribution in [-0.2, 0) is 30.3 Å². The number of esters is 1. The van der Waals surface area contributed by atoms with Crippen molar-refractivity contribution in [3.8, 4) is 12.3 Å². The minimum Gasteiger partial charge on any atom is -0.466 e. The van der Waals surface area contributed by atoms with Gasteiger partial charge in [0.15, 0.2) is 0 Å². The van der Waals surface area contributed by atoms with Crippen molar-refractivity contribution in [2.75, 3.05) is 19.7 Å². The highest BCUT2D eigenvalue weighted by molar-refractivity contribution is 5.93. The molecule has 2 N–H and O–H groups in total. The molecule has 2 atom stereocenters. The lowest BCUT2D eigenvalue weighted by Crippen LogP contribution is -2.54. The van der Waals surface area contributed by atoms with Gasteiger partial charge >= 0.3 is 12.1 Å². The molecule has 0 saturated heterocycles. The highest BCUT2D eigenvalue weighted by atomic mass is 16.6. The normalized spacial score (nSPS) is 12.3. The molecule has 0 aliphatic rings. The number of amides is 3. The number of unbranched alkanes of at least 4 members (excludes halogenated alkanes) is 5. The molecule has 2 aromatic carbocycles. The van der Waals surface area contributed by atoms with Crippen LogP contribution in [0.5, 0.6) is 0 Å². The Morgan fingerprint density at radius 2 is 1.57 bits per heavy atom. The Balaban J connectivity index is 2.55. The molecule has 250 valence electrons. The predicted octanol–water partition coefficient (Wildman–Crippen LogP) is 6.10. The number of ether oxygens (including phenoxy) is 2. The van der Waals surface area contributed by atoms with E-state index in [4.69, 9.17) is 15.9 Å². The zero-order valence-corrected chi connectivity index (χ0v) is 28.1. The molecule has 46 heavy (non-hydrogen) atoms. The van der Waals surface area contributed by atoms with E-state index in [1.54, 1.807) is 52.0 Å². The van der Waals surface area contributed by atoms with Crippen molar-refractivity contribution in [3.63, 3.8) is 0 Å². The number of carbonyl (C=O) groups is 4. The van der Waals surface area contributed by atoms with Gasteiger partial charge in [0.2, 0.25) is 11.8 Å². The molecule has 0 aromatic heterocycles. The zero-order valence-electron chi connectivity index (χ0n) is 28.1. The summed E-state index contributed by atoms with van der Waals surface area (Å²) in [5, 5.41) is 5.60. The molecular weight excluding hydrogens is 582 g/mol. The lowest BCUT2D eigenvalue weighted by atomic mass is 9.96. The van der Waals surface area contributed by atoms with Gasteiger partial charge in [-0.05, 0) is 51.3 Å². The van der Waals surface area contributed by atoms with Crippen molar-refractivity contribution in [1.82, 2.24) is 15.5 Å². The molecule has 0 spiro atoms. The molecule has 2 unspecified atom stereocenters. The van der Waals surface area contributed by atoms with Crippen molar-refractivity contribution in [3.05, 3.63) is 71.3 Å². The van der Waals surface area contributed by atoms with Crippen LogP contribution in [0, 0.1) is 12.3 Å². The fourth-order valence-corrected chi connectivity index (χ4v) is 5.06. The Kier molecular flexibility index (Phi) is 16.4. The average molecular weight is 634 g/mol. The summed E-state index contributed by atoms with van der Waals surface area (Å²) in [6.45, 7) is 9.62. The topological polar surface area (TPSA) is 114 Å². The largest absolute Gasteiger partial charge is 0.466 e. The van der Waals surface area contributed by atoms with E-state index in [1.165, 1.54) is 4.90 Å². The van der Waals surface area contributed by atoms with Crippen molar-refractivity contribution < 1.29 is 28.7 Å². The Morgan fingerprint density at radius 1 is 0.913 bits per heavy atom. The van der Waals surface area contributed by atoms with Crippen LogP contribution in [0.25, 0.3) is 0 Å². The molecule has 9 heteroatoms. The van der Waals surface area contributed by atoms with Gasteiger partial charge in [0.1, 0.15) is 17.7 Å². The van der Waals surface area contributed by atoms with Crippen LogP contribution < -0.4 is 10.6 Å². The van der Waals surface area contributed by atoms with E-state index >= 15 is 0 Å². The average Bonchev–Trinajstić information content (AvgIpc) is 3.01. The lowest BCUT2D eigenvalue weighted by molar-refractivity contribution is -0.144. The Hall–Kier alpha value is -4.32. The third kappa shape index (κ3) is 13.4. The molecule has 2 aromatic rings. The second kappa shape index (κ2) is 19.9. The Morgan fingerprint density at radius 3 is 2.22 bits per heavy atom. The van der Waals surface area contributed by atoms with E-state index in [0.717, 1.165) is 37.7 Å². The van der Waals surface area contributed by atoms with E-state index in [2.05, 4.69) is 23.5 Å². The standard InChI is InChI=1S/C37H51N3O6/c1-7-10-11-12-13-19-26-40(35(43)31(27-28-20-15-14-16-21-28)39-36(44)46-37(4,5)6)33(30-23-18-17-22-29(30)8-2)34(42)38-25-24-32(41)45-9-3/h2,14-18,20-23,31,33H,7,9-13,19,24-27H2,1,3-6H3,(H,38,42)(H,39,44). The maximum atomic E-state index is 14.7. The molecule has 0 aliphatic carbocycles. The summed E-state index contributed by atoms with van der Waals surface area (Å²) in [4.78, 5) is 55.2.